The largest absolute Gasteiger partial charge is 0.481 e. The maximum atomic E-state index is 12.5. The second kappa shape index (κ2) is 5.83. The molecule has 0 radical (unpaired) electrons. The molecule has 0 saturated carbocycles. The maximum Gasteiger partial charge on any atom is 0.305 e. The van der Waals surface area contributed by atoms with Crippen molar-refractivity contribution in [2.45, 2.75) is 58.0 Å². The Labute approximate surface area is 124 Å². The molecule has 1 saturated heterocycles. The summed E-state index contributed by atoms with van der Waals surface area (Å²) in [5.41, 5.74) is -0.242. The highest BCUT2D eigenvalue weighted by Crippen LogP contribution is 2.21. The van der Waals surface area contributed by atoms with Crippen LogP contribution in [0, 0.1) is 0 Å². The van der Waals surface area contributed by atoms with Crippen LogP contribution in [0.4, 0.5) is 0 Å². The van der Waals surface area contributed by atoms with E-state index < -0.39 is 5.97 Å². The lowest BCUT2D eigenvalue weighted by molar-refractivity contribution is -0.138. The third-order valence-electron chi connectivity index (χ3n) is 3.67. The number of hydrogen-bond donors (Lipinski definition) is 1. The predicted octanol–water partition coefficient (Wildman–Crippen LogP) is 1.50. The van der Waals surface area contributed by atoms with Crippen molar-refractivity contribution in [1.82, 2.24) is 19.7 Å². The minimum atomic E-state index is -0.882. The summed E-state index contributed by atoms with van der Waals surface area (Å²) in [6.45, 7) is 6.50. The summed E-state index contributed by atoms with van der Waals surface area (Å²) in [5, 5.41) is 13.2. The zero-order chi connectivity index (χ0) is 15.6. The van der Waals surface area contributed by atoms with Gasteiger partial charge in [0, 0.05) is 12.6 Å². The minimum Gasteiger partial charge on any atom is -0.481 e. The molecule has 1 aromatic rings. The summed E-state index contributed by atoms with van der Waals surface area (Å²) >= 11 is 0. The molecule has 1 unspecified atom stereocenters. The summed E-state index contributed by atoms with van der Waals surface area (Å²) in [6.07, 6.45) is 4.08. The van der Waals surface area contributed by atoms with Crippen LogP contribution in [0.1, 0.15) is 57.1 Å². The van der Waals surface area contributed by atoms with Crippen LogP contribution in [0.25, 0.3) is 0 Å². The number of nitrogens with zero attached hydrogens (tertiary/aromatic N) is 4. The SMILES string of the molecule is CC(C)(C)n1cnc(C(=O)N2CCCCC2CC(=O)O)n1. The zero-order valence-corrected chi connectivity index (χ0v) is 12.7. The lowest BCUT2D eigenvalue weighted by Gasteiger charge is -2.34. The van der Waals surface area contributed by atoms with E-state index >= 15 is 0 Å². The van der Waals surface area contributed by atoms with Crippen molar-refractivity contribution >= 4 is 11.9 Å². The lowest BCUT2D eigenvalue weighted by Crippen LogP contribution is -2.45. The first kappa shape index (κ1) is 15.5. The van der Waals surface area contributed by atoms with Gasteiger partial charge >= 0.3 is 5.97 Å². The smallest absolute Gasteiger partial charge is 0.305 e. The van der Waals surface area contributed by atoms with Gasteiger partial charge in [0.15, 0.2) is 0 Å². The number of piperidine rings is 1. The summed E-state index contributed by atoms with van der Waals surface area (Å²) in [5.74, 6) is -1.01. The molecule has 1 aromatic heterocycles. The monoisotopic (exact) mass is 294 g/mol. The Morgan fingerprint density at radius 1 is 1.38 bits per heavy atom. The molecule has 0 spiro atoms. The van der Waals surface area contributed by atoms with Crippen molar-refractivity contribution in [2.24, 2.45) is 0 Å². The molecule has 21 heavy (non-hydrogen) atoms. The first-order valence-electron chi connectivity index (χ1n) is 7.24. The molecule has 2 heterocycles. The summed E-state index contributed by atoms with van der Waals surface area (Å²) in [4.78, 5) is 29.2. The van der Waals surface area contributed by atoms with E-state index in [0.717, 1.165) is 19.3 Å². The first-order chi connectivity index (χ1) is 9.79. The number of likely N-dealkylation sites (tertiary alicyclic amines) is 1. The summed E-state index contributed by atoms with van der Waals surface area (Å²) < 4.78 is 1.65. The molecular formula is C14H22N4O3. The number of carboxylic acid groups (broad SMARTS) is 1. The molecular weight excluding hydrogens is 272 g/mol. The van der Waals surface area contributed by atoms with Gasteiger partial charge in [-0.05, 0) is 40.0 Å². The van der Waals surface area contributed by atoms with E-state index in [1.54, 1.807) is 15.9 Å². The molecule has 1 fully saturated rings. The van der Waals surface area contributed by atoms with Gasteiger partial charge in [0.05, 0.1) is 12.0 Å². The van der Waals surface area contributed by atoms with E-state index in [4.69, 9.17) is 5.11 Å². The highest BCUT2D eigenvalue weighted by Gasteiger charge is 2.31. The van der Waals surface area contributed by atoms with Gasteiger partial charge in [0.1, 0.15) is 6.33 Å². The fourth-order valence-electron chi connectivity index (χ4n) is 2.49. The average Bonchev–Trinajstić information content (AvgIpc) is 2.87. The number of aromatic nitrogens is 3. The van der Waals surface area contributed by atoms with Gasteiger partial charge in [-0.15, -0.1) is 5.10 Å². The topological polar surface area (TPSA) is 88.3 Å². The fourth-order valence-corrected chi connectivity index (χ4v) is 2.49. The van der Waals surface area contributed by atoms with Crippen molar-refractivity contribution in [3.63, 3.8) is 0 Å². The molecule has 2 rings (SSSR count). The molecule has 1 aliphatic rings. The molecule has 1 atom stereocenters. The molecule has 116 valence electrons. The van der Waals surface area contributed by atoms with Gasteiger partial charge in [-0.1, -0.05) is 0 Å². The Bertz CT molecular complexity index is 533. The number of rotatable bonds is 3. The average molecular weight is 294 g/mol. The summed E-state index contributed by atoms with van der Waals surface area (Å²) in [6, 6.07) is -0.259. The Morgan fingerprint density at radius 3 is 2.67 bits per heavy atom. The van der Waals surface area contributed by atoms with Crippen LogP contribution in [0.5, 0.6) is 0 Å². The van der Waals surface area contributed by atoms with Crippen LogP contribution in [0.3, 0.4) is 0 Å². The van der Waals surface area contributed by atoms with Crippen molar-refractivity contribution in [1.29, 1.82) is 0 Å². The Balaban J connectivity index is 2.17. The van der Waals surface area contributed by atoms with Crippen LogP contribution in [0.2, 0.25) is 0 Å². The van der Waals surface area contributed by atoms with E-state index in [-0.39, 0.29) is 29.7 Å². The van der Waals surface area contributed by atoms with Gasteiger partial charge in [-0.25, -0.2) is 9.67 Å². The van der Waals surface area contributed by atoms with Crippen LogP contribution < -0.4 is 0 Å². The number of carbonyl (C=O) groups excluding carboxylic acids is 1. The van der Waals surface area contributed by atoms with Crippen LogP contribution >= 0.6 is 0 Å². The van der Waals surface area contributed by atoms with Gasteiger partial charge in [0.25, 0.3) is 5.91 Å². The van der Waals surface area contributed by atoms with Gasteiger partial charge in [-0.3, -0.25) is 9.59 Å². The maximum absolute atomic E-state index is 12.5. The summed E-state index contributed by atoms with van der Waals surface area (Å²) in [7, 11) is 0. The minimum absolute atomic E-state index is 0.0221. The standard InChI is InChI=1S/C14H22N4O3/c1-14(2,3)18-9-15-12(16-18)13(21)17-7-5-4-6-10(17)8-11(19)20/h9-10H,4-8H2,1-3H3,(H,19,20). The number of amides is 1. The van der Waals surface area contributed by atoms with E-state index in [1.165, 1.54) is 0 Å². The molecule has 7 heteroatoms. The van der Waals surface area contributed by atoms with Gasteiger partial charge < -0.3 is 10.0 Å². The predicted molar refractivity (Wildman–Crippen MR) is 75.9 cm³/mol. The van der Waals surface area contributed by atoms with Crippen molar-refractivity contribution < 1.29 is 14.7 Å². The molecule has 0 aliphatic carbocycles. The number of carboxylic acids is 1. The third-order valence-corrected chi connectivity index (χ3v) is 3.67. The van der Waals surface area contributed by atoms with Gasteiger partial charge in [-0.2, -0.15) is 0 Å². The first-order valence-corrected chi connectivity index (χ1v) is 7.24. The fraction of sp³-hybridized carbons (Fsp3) is 0.714. The number of carbonyl (C=O) groups is 2. The zero-order valence-electron chi connectivity index (χ0n) is 12.7. The highest BCUT2D eigenvalue weighted by atomic mass is 16.4. The van der Waals surface area contributed by atoms with Crippen molar-refractivity contribution in [3.8, 4) is 0 Å². The molecule has 1 aliphatic heterocycles. The second-order valence-electron chi connectivity index (χ2n) is 6.43. The third kappa shape index (κ3) is 3.59. The van der Waals surface area contributed by atoms with Crippen molar-refractivity contribution in [2.75, 3.05) is 6.54 Å². The van der Waals surface area contributed by atoms with E-state index in [9.17, 15) is 9.59 Å². The normalized spacial score (nSPS) is 19.6. The number of hydrogen-bond acceptors (Lipinski definition) is 4. The second-order valence-corrected chi connectivity index (χ2v) is 6.43. The number of aliphatic carboxylic acids is 1. The van der Waals surface area contributed by atoms with E-state index in [1.807, 2.05) is 20.8 Å². The van der Waals surface area contributed by atoms with Crippen LogP contribution in [0.15, 0.2) is 6.33 Å². The molecule has 0 aromatic carbocycles. The molecule has 0 bridgehead atoms. The Kier molecular flexibility index (Phi) is 4.29. The van der Waals surface area contributed by atoms with Crippen LogP contribution in [-0.2, 0) is 10.3 Å². The van der Waals surface area contributed by atoms with E-state index in [2.05, 4.69) is 10.1 Å². The highest BCUT2D eigenvalue weighted by molar-refractivity contribution is 5.91. The van der Waals surface area contributed by atoms with Crippen LogP contribution in [-0.4, -0.2) is 49.2 Å². The Hall–Kier alpha value is -1.92. The van der Waals surface area contributed by atoms with Gasteiger partial charge in [0.2, 0.25) is 5.82 Å². The van der Waals surface area contributed by atoms with E-state index in [0.29, 0.717) is 6.54 Å². The molecule has 1 amide bonds. The van der Waals surface area contributed by atoms with Crippen molar-refractivity contribution in [3.05, 3.63) is 12.2 Å². The lowest BCUT2D eigenvalue weighted by atomic mass is 9.99. The molecule has 1 N–H and O–H groups in total. The Morgan fingerprint density at radius 2 is 2.10 bits per heavy atom. The quantitative estimate of drug-likeness (QED) is 0.912. The molecule has 7 nitrogen and oxygen atoms in total.